The highest BCUT2D eigenvalue weighted by Gasteiger charge is 2.27. The van der Waals surface area contributed by atoms with Crippen molar-refractivity contribution in [1.82, 2.24) is 20.5 Å². The molecule has 1 atom stereocenters. The molecule has 0 aliphatic carbocycles. The third-order valence-electron chi connectivity index (χ3n) is 7.31. The SMILES string of the molecule is CCN(CC)CCNC(=O)c1c(C)[nH]c(C=C2C(=O)Nc3ccc(C(=O)NC(C)c4ccccc4)cc32)c1C. The minimum absolute atomic E-state index is 0.138. The van der Waals surface area contributed by atoms with Gasteiger partial charge in [0, 0.05) is 41.3 Å². The van der Waals surface area contributed by atoms with Crippen LogP contribution >= 0.6 is 0 Å². The molecule has 4 N–H and O–H groups in total. The monoisotopic (exact) mass is 527 g/mol. The van der Waals surface area contributed by atoms with Gasteiger partial charge in [0.15, 0.2) is 0 Å². The number of aryl methyl sites for hydroxylation is 1. The fraction of sp³-hybridized carbons (Fsp3) is 0.323. The largest absolute Gasteiger partial charge is 0.358 e. The molecule has 3 amide bonds. The Kier molecular flexibility index (Phi) is 8.66. The Labute approximate surface area is 229 Å². The zero-order valence-electron chi connectivity index (χ0n) is 23.3. The topological polar surface area (TPSA) is 106 Å². The van der Waals surface area contributed by atoms with Crippen LogP contribution in [0.3, 0.4) is 0 Å². The number of carbonyl (C=O) groups excluding carboxylic acids is 3. The standard InChI is InChI=1S/C31H37N5O3/c1-6-36(7-2)16-15-32-31(39)28-19(3)27(33-21(28)5)18-25-24-17-23(13-14-26(24)35-30(25)38)29(37)34-20(4)22-11-9-8-10-12-22/h8-14,17-18,20,33H,6-7,15-16H2,1-5H3,(H,32,39)(H,34,37)(H,35,38). The van der Waals surface area contributed by atoms with E-state index in [0.717, 1.165) is 36.5 Å². The molecule has 39 heavy (non-hydrogen) atoms. The van der Waals surface area contributed by atoms with Gasteiger partial charge in [0.25, 0.3) is 17.7 Å². The Morgan fingerprint density at radius 2 is 1.74 bits per heavy atom. The van der Waals surface area contributed by atoms with Crippen LogP contribution in [0.15, 0.2) is 48.5 Å². The molecule has 2 heterocycles. The van der Waals surface area contributed by atoms with E-state index in [-0.39, 0.29) is 23.8 Å². The van der Waals surface area contributed by atoms with Crippen molar-refractivity contribution in [2.24, 2.45) is 0 Å². The van der Waals surface area contributed by atoms with Crippen molar-refractivity contribution in [3.8, 4) is 0 Å². The number of likely N-dealkylation sites (N-methyl/N-ethyl adjacent to an activating group) is 1. The predicted octanol–water partition coefficient (Wildman–Crippen LogP) is 4.69. The van der Waals surface area contributed by atoms with Crippen molar-refractivity contribution in [3.05, 3.63) is 87.7 Å². The Morgan fingerprint density at radius 3 is 2.44 bits per heavy atom. The number of fused-ring (bicyclic) bond motifs is 1. The van der Waals surface area contributed by atoms with Crippen molar-refractivity contribution >= 4 is 35.1 Å². The Morgan fingerprint density at radius 1 is 1.03 bits per heavy atom. The Bertz CT molecular complexity index is 1400. The maximum atomic E-state index is 13.0. The van der Waals surface area contributed by atoms with Crippen molar-refractivity contribution in [2.75, 3.05) is 31.5 Å². The van der Waals surface area contributed by atoms with Crippen LogP contribution in [0, 0.1) is 13.8 Å². The van der Waals surface area contributed by atoms with E-state index >= 15 is 0 Å². The number of H-pyrrole nitrogens is 1. The van der Waals surface area contributed by atoms with Crippen LogP contribution < -0.4 is 16.0 Å². The second-order valence-corrected chi connectivity index (χ2v) is 9.82. The molecule has 8 nitrogen and oxygen atoms in total. The summed E-state index contributed by atoms with van der Waals surface area (Å²) < 4.78 is 0. The minimum atomic E-state index is -0.253. The zero-order valence-corrected chi connectivity index (χ0v) is 23.3. The van der Waals surface area contributed by atoms with Crippen LogP contribution in [0.1, 0.15) is 75.6 Å². The maximum absolute atomic E-state index is 13.0. The second kappa shape index (κ2) is 12.1. The molecule has 3 aromatic rings. The van der Waals surface area contributed by atoms with Gasteiger partial charge < -0.3 is 25.8 Å². The normalized spacial score (nSPS) is 14.3. The van der Waals surface area contributed by atoms with Gasteiger partial charge in [-0.1, -0.05) is 44.2 Å². The molecule has 0 spiro atoms. The summed E-state index contributed by atoms with van der Waals surface area (Å²) >= 11 is 0. The van der Waals surface area contributed by atoms with E-state index in [1.807, 2.05) is 51.1 Å². The molecule has 0 fully saturated rings. The lowest BCUT2D eigenvalue weighted by Gasteiger charge is -2.18. The van der Waals surface area contributed by atoms with E-state index in [4.69, 9.17) is 0 Å². The highest BCUT2D eigenvalue weighted by molar-refractivity contribution is 6.35. The molecule has 204 valence electrons. The van der Waals surface area contributed by atoms with Crippen molar-refractivity contribution in [3.63, 3.8) is 0 Å². The van der Waals surface area contributed by atoms with E-state index in [2.05, 4.69) is 39.7 Å². The molecule has 1 aliphatic rings. The lowest BCUT2D eigenvalue weighted by Crippen LogP contribution is -2.35. The van der Waals surface area contributed by atoms with Crippen LogP contribution in [0.4, 0.5) is 5.69 Å². The van der Waals surface area contributed by atoms with E-state index in [1.54, 1.807) is 24.3 Å². The first-order chi connectivity index (χ1) is 18.7. The van der Waals surface area contributed by atoms with Crippen LogP contribution in [0.25, 0.3) is 11.6 Å². The van der Waals surface area contributed by atoms with E-state index in [1.165, 1.54) is 0 Å². The summed E-state index contributed by atoms with van der Waals surface area (Å²) in [7, 11) is 0. The van der Waals surface area contributed by atoms with Crippen molar-refractivity contribution in [1.29, 1.82) is 0 Å². The predicted molar refractivity (Wildman–Crippen MR) is 156 cm³/mol. The molecule has 0 radical (unpaired) electrons. The molecule has 8 heteroatoms. The van der Waals surface area contributed by atoms with Gasteiger partial charge in [-0.3, -0.25) is 14.4 Å². The van der Waals surface area contributed by atoms with Gasteiger partial charge in [0.2, 0.25) is 0 Å². The second-order valence-electron chi connectivity index (χ2n) is 9.82. The number of aromatic amines is 1. The lowest BCUT2D eigenvalue weighted by molar-refractivity contribution is -0.110. The number of benzene rings is 2. The number of anilines is 1. The number of aromatic nitrogens is 1. The third-order valence-corrected chi connectivity index (χ3v) is 7.31. The molecule has 2 aromatic carbocycles. The molecule has 1 unspecified atom stereocenters. The third kappa shape index (κ3) is 6.12. The molecular weight excluding hydrogens is 490 g/mol. The summed E-state index contributed by atoms with van der Waals surface area (Å²) in [6.45, 7) is 13.1. The quantitative estimate of drug-likeness (QED) is 0.287. The number of nitrogens with zero attached hydrogens (tertiary/aromatic N) is 1. The number of rotatable bonds is 10. The summed E-state index contributed by atoms with van der Waals surface area (Å²) in [6.07, 6.45) is 1.75. The molecule has 0 saturated carbocycles. The van der Waals surface area contributed by atoms with Crippen LogP contribution in [-0.2, 0) is 4.79 Å². The van der Waals surface area contributed by atoms with Gasteiger partial charge in [0.1, 0.15) is 0 Å². The average Bonchev–Trinajstić information content (AvgIpc) is 3.40. The number of amides is 3. The number of hydrogen-bond donors (Lipinski definition) is 4. The number of nitrogens with one attached hydrogen (secondary N) is 4. The molecule has 1 aromatic heterocycles. The van der Waals surface area contributed by atoms with E-state index < -0.39 is 0 Å². The van der Waals surface area contributed by atoms with E-state index in [0.29, 0.717) is 40.2 Å². The maximum Gasteiger partial charge on any atom is 0.256 e. The fourth-order valence-corrected chi connectivity index (χ4v) is 4.94. The minimum Gasteiger partial charge on any atom is -0.358 e. The van der Waals surface area contributed by atoms with Crippen LogP contribution in [0.5, 0.6) is 0 Å². The van der Waals surface area contributed by atoms with Crippen molar-refractivity contribution in [2.45, 2.75) is 40.7 Å². The van der Waals surface area contributed by atoms with Gasteiger partial charge >= 0.3 is 0 Å². The van der Waals surface area contributed by atoms with Crippen LogP contribution in [-0.4, -0.2) is 53.8 Å². The van der Waals surface area contributed by atoms with Crippen LogP contribution in [0.2, 0.25) is 0 Å². The summed E-state index contributed by atoms with van der Waals surface area (Å²) in [4.78, 5) is 44.4. The number of carbonyl (C=O) groups is 3. The molecule has 4 rings (SSSR count). The van der Waals surface area contributed by atoms with E-state index in [9.17, 15) is 14.4 Å². The molecule has 0 saturated heterocycles. The first kappa shape index (κ1) is 27.9. The van der Waals surface area contributed by atoms with Gasteiger partial charge in [0.05, 0.1) is 17.2 Å². The molecule has 1 aliphatic heterocycles. The summed E-state index contributed by atoms with van der Waals surface area (Å²) in [6, 6.07) is 14.8. The number of hydrogen-bond acceptors (Lipinski definition) is 4. The first-order valence-corrected chi connectivity index (χ1v) is 13.5. The Hall–Kier alpha value is -4.17. The summed E-state index contributed by atoms with van der Waals surface area (Å²) in [5.74, 6) is -0.610. The van der Waals surface area contributed by atoms with Crippen molar-refractivity contribution < 1.29 is 14.4 Å². The highest BCUT2D eigenvalue weighted by atomic mass is 16.2. The first-order valence-electron chi connectivity index (χ1n) is 13.5. The van der Waals surface area contributed by atoms with Gasteiger partial charge in [-0.05, 0) is 69.3 Å². The average molecular weight is 528 g/mol. The highest BCUT2D eigenvalue weighted by Crippen LogP contribution is 2.35. The van der Waals surface area contributed by atoms with Gasteiger partial charge in [-0.15, -0.1) is 0 Å². The zero-order chi connectivity index (χ0) is 28.1. The van der Waals surface area contributed by atoms with Gasteiger partial charge in [-0.2, -0.15) is 0 Å². The molecular formula is C31H37N5O3. The summed E-state index contributed by atoms with van der Waals surface area (Å²) in [5.41, 5.74) is 5.99. The lowest BCUT2D eigenvalue weighted by atomic mass is 10.0. The Balaban J connectivity index is 1.55. The summed E-state index contributed by atoms with van der Waals surface area (Å²) in [5, 5.41) is 8.92. The fourth-order valence-electron chi connectivity index (χ4n) is 4.94. The molecule has 0 bridgehead atoms. The smallest absolute Gasteiger partial charge is 0.256 e. The van der Waals surface area contributed by atoms with Gasteiger partial charge in [-0.25, -0.2) is 0 Å².